The normalized spacial score (nSPS) is 25.7. The second-order valence-electron chi connectivity index (χ2n) is 6.65. The van der Waals surface area contributed by atoms with E-state index in [1.807, 2.05) is 42.5 Å². The predicted molar refractivity (Wildman–Crippen MR) is 91.8 cm³/mol. The van der Waals surface area contributed by atoms with Crippen LogP contribution in [0.3, 0.4) is 0 Å². The molecule has 3 aromatic rings. The van der Waals surface area contributed by atoms with Gasteiger partial charge in [0.05, 0.1) is 17.5 Å². The standard InChI is InChI=1S/C18H15NO4S/c20-18-7-11-9-24(21,22)10-15(11)19(18)12-5-6-17-14(8-12)13-3-1-2-4-16(13)23-17/h1-6,8,11,15H,7,9-10H2. The summed E-state index contributed by atoms with van der Waals surface area (Å²) in [4.78, 5) is 14.1. The highest BCUT2D eigenvalue weighted by molar-refractivity contribution is 7.91. The van der Waals surface area contributed by atoms with Crippen molar-refractivity contribution in [2.75, 3.05) is 16.4 Å². The van der Waals surface area contributed by atoms with Crippen LogP contribution in [0.1, 0.15) is 6.42 Å². The van der Waals surface area contributed by atoms with E-state index in [-0.39, 0.29) is 29.4 Å². The second kappa shape index (κ2) is 4.60. The van der Waals surface area contributed by atoms with Gasteiger partial charge in [0.1, 0.15) is 11.2 Å². The van der Waals surface area contributed by atoms with Gasteiger partial charge in [-0.25, -0.2) is 8.42 Å². The number of anilines is 1. The highest BCUT2D eigenvalue weighted by Gasteiger charge is 2.49. The Balaban J connectivity index is 1.66. The molecule has 2 aliphatic rings. The number of nitrogens with zero attached hydrogens (tertiary/aromatic N) is 1. The van der Waals surface area contributed by atoms with Crippen molar-refractivity contribution in [2.45, 2.75) is 12.5 Å². The lowest BCUT2D eigenvalue weighted by Crippen LogP contribution is -2.36. The van der Waals surface area contributed by atoms with E-state index in [0.29, 0.717) is 6.42 Å². The molecule has 2 aromatic carbocycles. The first-order valence-corrected chi connectivity index (χ1v) is 9.78. The summed E-state index contributed by atoms with van der Waals surface area (Å²) in [6.07, 6.45) is 0.314. The average Bonchev–Trinajstić information content (AvgIpc) is 3.13. The number of hydrogen-bond acceptors (Lipinski definition) is 4. The Kier molecular flexibility index (Phi) is 2.69. The van der Waals surface area contributed by atoms with Crippen LogP contribution < -0.4 is 4.90 Å². The molecular weight excluding hydrogens is 326 g/mol. The van der Waals surface area contributed by atoms with Crippen molar-refractivity contribution in [3.05, 3.63) is 42.5 Å². The molecule has 1 amide bonds. The number of hydrogen-bond donors (Lipinski definition) is 0. The topological polar surface area (TPSA) is 67.6 Å². The molecule has 2 saturated heterocycles. The molecule has 0 spiro atoms. The number of amides is 1. The van der Waals surface area contributed by atoms with E-state index in [4.69, 9.17) is 4.42 Å². The van der Waals surface area contributed by atoms with Gasteiger partial charge in [0.15, 0.2) is 9.84 Å². The molecule has 122 valence electrons. The largest absolute Gasteiger partial charge is 0.456 e. The van der Waals surface area contributed by atoms with Gasteiger partial charge in [-0.1, -0.05) is 18.2 Å². The molecule has 6 heteroatoms. The minimum Gasteiger partial charge on any atom is -0.456 e. The summed E-state index contributed by atoms with van der Waals surface area (Å²) in [5, 5.41) is 1.94. The van der Waals surface area contributed by atoms with E-state index in [0.717, 1.165) is 27.6 Å². The van der Waals surface area contributed by atoms with Gasteiger partial charge in [-0.05, 0) is 24.3 Å². The Morgan fingerprint density at radius 2 is 1.79 bits per heavy atom. The van der Waals surface area contributed by atoms with E-state index < -0.39 is 9.84 Å². The zero-order valence-electron chi connectivity index (χ0n) is 12.8. The van der Waals surface area contributed by atoms with Crippen LogP contribution >= 0.6 is 0 Å². The van der Waals surface area contributed by atoms with Gasteiger partial charge in [-0.3, -0.25) is 4.79 Å². The summed E-state index contributed by atoms with van der Waals surface area (Å²) in [5.74, 6) is 0.107. The minimum atomic E-state index is -3.05. The molecule has 1 aromatic heterocycles. The van der Waals surface area contributed by atoms with Crippen molar-refractivity contribution in [3.8, 4) is 0 Å². The Morgan fingerprint density at radius 1 is 1.00 bits per heavy atom. The molecule has 2 atom stereocenters. The number of rotatable bonds is 1. The maximum atomic E-state index is 12.4. The molecule has 0 bridgehead atoms. The van der Waals surface area contributed by atoms with Crippen molar-refractivity contribution < 1.29 is 17.6 Å². The first-order valence-electron chi connectivity index (χ1n) is 7.96. The molecule has 2 aliphatic heterocycles. The molecule has 24 heavy (non-hydrogen) atoms. The Morgan fingerprint density at radius 3 is 2.67 bits per heavy atom. The molecule has 0 aliphatic carbocycles. The Labute approximate surface area is 138 Å². The van der Waals surface area contributed by atoms with Crippen molar-refractivity contribution in [2.24, 2.45) is 5.92 Å². The van der Waals surface area contributed by atoms with Crippen molar-refractivity contribution in [1.82, 2.24) is 0 Å². The molecule has 5 nitrogen and oxygen atoms in total. The number of carbonyl (C=O) groups is 1. The lowest BCUT2D eigenvalue weighted by molar-refractivity contribution is -0.117. The maximum absolute atomic E-state index is 12.4. The minimum absolute atomic E-state index is 0.00653. The molecule has 2 fully saturated rings. The number of fused-ring (bicyclic) bond motifs is 4. The lowest BCUT2D eigenvalue weighted by Gasteiger charge is -2.23. The lowest BCUT2D eigenvalue weighted by atomic mass is 10.0. The average molecular weight is 341 g/mol. The van der Waals surface area contributed by atoms with Gasteiger partial charge in [-0.15, -0.1) is 0 Å². The Bertz CT molecular complexity index is 1100. The molecule has 0 radical (unpaired) electrons. The van der Waals surface area contributed by atoms with E-state index in [9.17, 15) is 13.2 Å². The molecule has 3 heterocycles. The third kappa shape index (κ3) is 1.92. The van der Waals surface area contributed by atoms with Crippen molar-refractivity contribution in [3.63, 3.8) is 0 Å². The van der Waals surface area contributed by atoms with Gasteiger partial charge >= 0.3 is 0 Å². The van der Waals surface area contributed by atoms with Gasteiger partial charge in [0.2, 0.25) is 5.91 Å². The van der Waals surface area contributed by atoms with Crippen LogP contribution in [-0.4, -0.2) is 31.9 Å². The summed E-state index contributed by atoms with van der Waals surface area (Å²) in [6.45, 7) is 0. The Hall–Kier alpha value is -2.34. The zero-order valence-corrected chi connectivity index (χ0v) is 13.6. The van der Waals surface area contributed by atoms with Crippen LogP contribution in [0.4, 0.5) is 5.69 Å². The fraction of sp³-hybridized carbons (Fsp3) is 0.278. The molecule has 0 saturated carbocycles. The fourth-order valence-corrected chi connectivity index (χ4v) is 6.16. The molecule has 5 rings (SSSR count). The van der Waals surface area contributed by atoms with Crippen molar-refractivity contribution in [1.29, 1.82) is 0 Å². The maximum Gasteiger partial charge on any atom is 0.227 e. The van der Waals surface area contributed by atoms with E-state index in [1.165, 1.54) is 0 Å². The van der Waals surface area contributed by atoms with Gasteiger partial charge in [-0.2, -0.15) is 0 Å². The SMILES string of the molecule is O=C1CC2CS(=O)(=O)CC2N1c1ccc2oc3ccccc3c2c1. The quantitative estimate of drug-likeness (QED) is 0.682. The number of furan rings is 1. The predicted octanol–water partition coefficient (Wildman–Crippen LogP) is 2.74. The second-order valence-corrected chi connectivity index (χ2v) is 8.80. The van der Waals surface area contributed by atoms with Gasteiger partial charge in [0, 0.05) is 28.8 Å². The number of carbonyl (C=O) groups excluding carboxylic acids is 1. The third-order valence-electron chi connectivity index (χ3n) is 5.11. The van der Waals surface area contributed by atoms with Crippen LogP contribution in [-0.2, 0) is 14.6 Å². The number of benzene rings is 2. The zero-order chi connectivity index (χ0) is 16.5. The van der Waals surface area contributed by atoms with Crippen LogP contribution in [0.15, 0.2) is 46.9 Å². The first-order chi connectivity index (χ1) is 11.5. The monoisotopic (exact) mass is 341 g/mol. The summed E-state index contributed by atoms with van der Waals surface area (Å²) in [5.41, 5.74) is 2.32. The number of sulfone groups is 1. The fourth-order valence-electron chi connectivity index (χ4n) is 4.09. The van der Waals surface area contributed by atoms with Crippen LogP contribution in [0.5, 0.6) is 0 Å². The first kappa shape index (κ1) is 14.0. The van der Waals surface area contributed by atoms with E-state index in [2.05, 4.69) is 0 Å². The molecule has 0 N–H and O–H groups in total. The van der Waals surface area contributed by atoms with Crippen molar-refractivity contribution >= 4 is 43.4 Å². The van der Waals surface area contributed by atoms with Crippen LogP contribution in [0.2, 0.25) is 0 Å². The number of para-hydroxylation sites is 1. The summed E-state index contributed by atoms with van der Waals surface area (Å²) >= 11 is 0. The molecule has 2 unspecified atom stereocenters. The van der Waals surface area contributed by atoms with E-state index >= 15 is 0 Å². The third-order valence-corrected chi connectivity index (χ3v) is 6.90. The summed E-state index contributed by atoms with van der Waals surface area (Å²) in [6, 6.07) is 13.2. The smallest absolute Gasteiger partial charge is 0.227 e. The van der Waals surface area contributed by atoms with E-state index in [1.54, 1.807) is 4.90 Å². The van der Waals surface area contributed by atoms with Crippen LogP contribution in [0.25, 0.3) is 21.9 Å². The van der Waals surface area contributed by atoms with Gasteiger partial charge in [0.25, 0.3) is 0 Å². The summed E-state index contributed by atoms with van der Waals surface area (Å²) < 4.78 is 29.7. The highest BCUT2D eigenvalue weighted by Crippen LogP contribution is 2.39. The molecular formula is C18H15NO4S. The highest BCUT2D eigenvalue weighted by atomic mass is 32.2. The van der Waals surface area contributed by atoms with Crippen LogP contribution in [0, 0.1) is 5.92 Å². The van der Waals surface area contributed by atoms with Gasteiger partial charge < -0.3 is 9.32 Å². The summed E-state index contributed by atoms with van der Waals surface area (Å²) in [7, 11) is -3.05.